The van der Waals surface area contributed by atoms with Crippen molar-refractivity contribution in [1.29, 1.82) is 0 Å². The Labute approximate surface area is 79.0 Å². The molecule has 0 aromatic rings. The average Bonchev–Trinajstić information content (AvgIpc) is 2.19. The standard InChI is InChI=1S/C9H9F4O/c1-4-6(10)8(12)5(3-14-2)9(13)7(4)11/h6H,3H2,1-2H3. The maximum Gasteiger partial charge on any atom is 0.165 e. The van der Waals surface area contributed by atoms with Crippen LogP contribution in [0.3, 0.4) is 0 Å². The van der Waals surface area contributed by atoms with Crippen LogP contribution in [0.4, 0.5) is 17.6 Å². The monoisotopic (exact) mass is 209 g/mol. The maximum absolute atomic E-state index is 13.1. The molecular weight excluding hydrogens is 200 g/mol. The van der Waals surface area contributed by atoms with Crippen molar-refractivity contribution in [3.8, 4) is 0 Å². The van der Waals surface area contributed by atoms with Gasteiger partial charge in [0.25, 0.3) is 0 Å². The first-order valence-corrected chi connectivity index (χ1v) is 3.91. The molecule has 0 bridgehead atoms. The Morgan fingerprint density at radius 1 is 1.21 bits per heavy atom. The van der Waals surface area contributed by atoms with Crippen molar-refractivity contribution in [2.24, 2.45) is 0 Å². The number of allylic oxidation sites excluding steroid dienone is 2. The minimum atomic E-state index is -2.21. The van der Waals surface area contributed by atoms with Gasteiger partial charge in [-0.3, -0.25) is 0 Å². The van der Waals surface area contributed by atoms with Crippen molar-refractivity contribution in [3.05, 3.63) is 29.0 Å². The molecular formula is C9H9F4O. The summed E-state index contributed by atoms with van der Waals surface area (Å²) < 4.78 is 56.5. The van der Waals surface area contributed by atoms with Gasteiger partial charge in [0.15, 0.2) is 12.0 Å². The van der Waals surface area contributed by atoms with Gasteiger partial charge >= 0.3 is 0 Å². The molecule has 1 radical (unpaired) electrons. The summed E-state index contributed by atoms with van der Waals surface area (Å²) in [6.07, 6.45) is -2.21. The maximum atomic E-state index is 13.1. The number of rotatable bonds is 2. The predicted octanol–water partition coefficient (Wildman–Crippen LogP) is 2.95. The highest BCUT2D eigenvalue weighted by atomic mass is 19.2. The topological polar surface area (TPSA) is 9.23 Å². The fourth-order valence-electron chi connectivity index (χ4n) is 1.14. The number of halogens is 4. The number of ether oxygens (including phenoxy) is 1. The summed E-state index contributed by atoms with van der Waals surface area (Å²) in [5.41, 5.74) is -0.692. The van der Waals surface area contributed by atoms with Crippen LogP contribution in [-0.2, 0) is 4.74 Å². The molecule has 1 unspecified atom stereocenters. The quantitative estimate of drug-likeness (QED) is 0.635. The zero-order valence-corrected chi connectivity index (χ0v) is 7.70. The van der Waals surface area contributed by atoms with E-state index in [1.807, 2.05) is 0 Å². The Hall–Kier alpha value is -0.840. The largest absolute Gasteiger partial charge is 0.380 e. The number of hydrogen-bond acceptors (Lipinski definition) is 1. The molecule has 0 aromatic carbocycles. The normalized spacial score (nSPS) is 24.9. The van der Waals surface area contributed by atoms with Crippen molar-refractivity contribution >= 4 is 0 Å². The summed E-state index contributed by atoms with van der Waals surface area (Å²) in [5, 5.41) is 0. The summed E-state index contributed by atoms with van der Waals surface area (Å²) in [5.74, 6) is -4.62. The van der Waals surface area contributed by atoms with Gasteiger partial charge in [-0.15, -0.1) is 0 Å². The highest BCUT2D eigenvalue weighted by Crippen LogP contribution is 2.39. The molecule has 1 atom stereocenters. The smallest absolute Gasteiger partial charge is 0.165 e. The summed E-state index contributed by atoms with van der Waals surface area (Å²) >= 11 is 0. The molecule has 0 saturated heterocycles. The van der Waals surface area contributed by atoms with E-state index in [-0.39, 0.29) is 0 Å². The van der Waals surface area contributed by atoms with Crippen molar-refractivity contribution in [3.63, 3.8) is 0 Å². The second-order valence-corrected chi connectivity index (χ2v) is 2.93. The lowest BCUT2D eigenvalue weighted by Crippen LogP contribution is -2.21. The molecule has 0 saturated carbocycles. The third-order valence-electron chi connectivity index (χ3n) is 1.98. The van der Waals surface area contributed by atoms with Crippen molar-refractivity contribution in [1.82, 2.24) is 0 Å². The lowest BCUT2D eigenvalue weighted by atomic mass is 9.93. The molecule has 0 amide bonds. The minimum Gasteiger partial charge on any atom is -0.380 e. The summed E-state index contributed by atoms with van der Waals surface area (Å²) in [6.45, 7) is 0.515. The van der Waals surface area contributed by atoms with Gasteiger partial charge in [0.2, 0.25) is 0 Å². The molecule has 0 aliphatic heterocycles. The van der Waals surface area contributed by atoms with E-state index in [4.69, 9.17) is 0 Å². The van der Waals surface area contributed by atoms with Gasteiger partial charge < -0.3 is 4.74 Å². The predicted molar refractivity (Wildman–Crippen MR) is 43.1 cm³/mol. The van der Waals surface area contributed by atoms with E-state index in [9.17, 15) is 17.6 Å². The molecule has 1 aliphatic carbocycles. The molecule has 79 valence electrons. The van der Waals surface area contributed by atoms with E-state index in [1.54, 1.807) is 0 Å². The lowest BCUT2D eigenvalue weighted by molar-refractivity contribution is 0.213. The number of alkyl halides is 1. The summed E-state index contributed by atoms with van der Waals surface area (Å²) in [4.78, 5) is 0. The van der Waals surface area contributed by atoms with E-state index in [0.29, 0.717) is 0 Å². The van der Waals surface area contributed by atoms with Crippen LogP contribution in [0.5, 0.6) is 0 Å². The Balaban J connectivity index is 3.11. The fourth-order valence-corrected chi connectivity index (χ4v) is 1.14. The van der Waals surface area contributed by atoms with Gasteiger partial charge in [0, 0.05) is 7.11 Å². The minimum absolute atomic E-state index is 0.487. The Bertz CT molecular complexity index is 295. The molecule has 5 heteroatoms. The third kappa shape index (κ3) is 1.68. The van der Waals surface area contributed by atoms with Crippen molar-refractivity contribution in [2.45, 2.75) is 13.1 Å². The van der Waals surface area contributed by atoms with E-state index < -0.39 is 41.8 Å². The molecule has 14 heavy (non-hydrogen) atoms. The number of hydrogen-bond donors (Lipinski definition) is 0. The molecule has 0 aromatic heterocycles. The second-order valence-electron chi connectivity index (χ2n) is 2.93. The molecule has 0 spiro atoms. The molecule has 0 heterocycles. The Morgan fingerprint density at radius 3 is 2.29 bits per heavy atom. The summed E-state index contributed by atoms with van der Waals surface area (Å²) in [6, 6.07) is 0. The molecule has 1 nitrogen and oxygen atoms in total. The van der Waals surface area contributed by atoms with Crippen LogP contribution in [0.2, 0.25) is 0 Å². The van der Waals surface area contributed by atoms with E-state index in [2.05, 4.69) is 4.74 Å². The third-order valence-corrected chi connectivity index (χ3v) is 1.98. The van der Waals surface area contributed by atoms with Crippen molar-refractivity contribution in [2.75, 3.05) is 13.7 Å². The Morgan fingerprint density at radius 2 is 1.79 bits per heavy atom. The fraction of sp³-hybridized carbons (Fsp3) is 0.444. The first-order chi connectivity index (χ1) is 6.50. The SMILES string of the molecule is COCC1=C(F)C(F)[C](C)C(F)=C1F. The first kappa shape index (κ1) is 11.2. The van der Waals surface area contributed by atoms with Crippen LogP contribution >= 0.6 is 0 Å². The zero-order chi connectivity index (χ0) is 10.9. The van der Waals surface area contributed by atoms with Gasteiger partial charge in [-0.1, -0.05) is 0 Å². The van der Waals surface area contributed by atoms with Crippen LogP contribution in [-0.4, -0.2) is 19.9 Å². The van der Waals surface area contributed by atoms with E-state index >= 15 is 0 Å². The van der Waals surface area contributed by atoms with Gasteiger partial charge in [0.05, 0.1) is 18.1 Å². The lowest BCUT2D eigenvalue weighted by Gasteiger charge is -2.21. The van der Waals surface area contributed by atoms with Gasteiger partial charge in [-0.2, -0.15) is 0 Å². The molecule has 1 rings (SSSR count). The van der Waals surface area contributed by atoms with Crippen LogP contribution in [0.1, 0.15) is 6.92 Å². The number of methoxy groups -OCH3 is 1. The second kappa shape index (κ2) is 4.13. The molecule has 1 aliphatic rings. The van der Waals surface area contributed by atoms with Crippen molar-refractivity contribution < 1.29 is 22.3 Å². The van der Waals surface area contributed by atoms with E-state index in [0.717, 1.165) is 6.92 Å². The van der Waals surface area contributed by atoms with Gasteiger partial charge in [0.1, 0.15) is 11.7 Å². The van der Waals surface area contributed by atoms with Crippen LogP contribution < -0.4 is 0 Å². The van der Waals surface area contributed by atoms with Gasteiger partial charge in [-0.05, 0) is 6.92 Å². The zero-order valence-electron chi connectivity index (χ0n) is 7.70. The Kier molecular flexibility index (Phi) is 3.31. The first-order valence-electron chi connectivity index (χ1n) is 3.91. The van der Waals surface area contributed by atoms with Crippen LogP contribution in [0.25, 0.3) is 0 Å². The average molecular weight is 209 g/mol. The molecule has 0 fully saturated rings. The van der Waals surface area contributed by atoms with Crippen LogP contribution in [0, 0.1) is 5.92 Å². The van der Waals surface area contributed by atoms with E-state index in [1.165, 1.54) is 7.11 Å². The van der Waals surface area contributed by atoms with Crippen LogP contribution in [0.15, 0.2) is 23.1 Å². The highest BCUT2D eigenvalue weighted by Gasteiger charge is 2.37. The highest BCUT2D eigenvalue weighted by molar-refractivity contribution is 5.45. The van der Waals surface area contributed by atoms with Gasteiger partial charge in [-0.25, -0.2) is 17.6 Å². The summed E-state index contributed by atoms with van der Waals surface area (Å²) in [7, 11) is 1.18. The molecule has 0 N–H and O–H groups in total.